The summed E-state index contributed by atoms with van der Waals surface area (Å²) in [4.78, 5) is 0. The van der Waals surface area contributed by atoms with Crippen LogP contribution in [0.1, 0.15) is 18.7 Å². The molecule has 1 heterocycles. The van der Waals surface area contributed by atoms with Gasteiger partial charge in [0, 0.05) is 12.8 Å². The highest BCUT2D eigenvalue weighted by molar-refractivity contribution is 5.33. The molecule has 96 valence electrons. The van der Waals surface area contributed by atoms with Crippen LogP contribution in [0.4, 0.5) is 0 Å². The van der Waals surface area contributed by atoms with E-state index in [9.17, 15) is 0 Å². The van der Waals surface area contributed by atoms with Crippen molar-refractivity contribution in [1.29, 1.82) is 0 Å². The van der Waals surface area contributed by atoms with E-state index in [4.69, 9.17) is 10.6 Å². The molecule has 0 saturated carbocycles. The number of rotatable bonds is 6. The molecular formula is C13H18N4O. The molecule has 2 aromatic rings. The Morgan fingerprint density at radius 3 is 2.78 bits per heavy atom. The van der Waals surface area contributed by atoms with Gasteiger partial charge in [-0.3, -0.25) is 5.84 Å². The van der Waals surface area contributed by atoms with Crippen LogP contribution in [0.3, 0.4) is 0 Å². The van der Waals surface area contributed by atoms with Crippen LogP contribution in [0.25, 0.3) is 5.69 Å². The van der Waals surface area contributed by atoms with E-state index < -0.39 is 0 Å². The van der Waals surface area contributed by atoms with Gasteiger partial charge < -0.3 is 4.74 Å². The summed E-state index contributed by atoms with van der Waals surface area (Å²) in [5.74, 6) is 5.58. The molecule has 3 N–H and O–H groups in total. The standard InChI is InChI=1S/C13H18N4O/c1-2-18-10-12(16-14)13-8-9-15-17(13)11-6-4-3-5-7-11/h3-9,12,16H,2,10,14H2,1H3. The van der Waals surface area contributed by atoms with Crippen molar-refractivity contribution in [3.8, 4) is 5.69 Å². The number of benzene rings is 1. The summed E-state index contributed by atoms with van der Waals surface area (Å²) in [5, 5.41) is 4.33. The second kappa shape index (κ2) is 6.30. The molecule has 18 heavy (non-hydrogen) atoms. The van der Waals surface area contributed by atoms with E-state index in [-0.39, 0.29) is 6.04 Å². The number of nitrogens with zero attached hydrogens (tertiary/aromatic N) is 2. The molecule has 2 rings (SSSR count). The molecule has 5 nitrogen and oxygen atoms in total. The summed E-state index contributed by atoms with van der Waals surface area (Å²) < 4.78 is 7.28. The van der Waals surface area contributed by atoms with Gasteiger partial charge in [0.2, 0.25) is 0 Å². The van der Waals surface area contributed by atoms with Gasteiger partial charge in [-0.05, 0) is 25.1 Å². The fourth-order valence-corrected chi connectivity index (χ4v) is 1.82. The van der Waals surface area contributed by atoms with E-state index in [0.717, 1.165) is 11.4 Å². The minimum absolute atomic E-state index is 0.0762. The summed E-state index contributed by atoms with van der Waals surface area (Å²) in [7, 11) is 0. The van der Waals surface area contributed by atoms with Gasteiger partial charge in [0.05, 0.1) is 24.0 Å². The van der Waals surface area contributed by atoms with Gasteiger partial charge in [-0.2, -0.15) is 5.10 Å². The Morgan fingerprint density at radius 1 is 1.33 bits per heavy atom. The van der Waals surface area contributed by atoms with Crippen LogP contribution in [0.2, 0.25) is 0 Å². The number of hydrogen-bond acceptors (Lipinski definition) is 4. The lowest BCUT2D eigenvalue weighted by molar-refractivity contribution is 0.121. The second-order valence-corrected chi connectivity index (χ2v) is 3.88. The van der Waals surface area contributed by atoms with Crippen molar-refractivity contribution in [2.75, 3.05) is 13.2 Å². The van der Waals surface area contributed by atoms with Crippen LogP contribution < -0.4 is 11.3 Å². The van der Waals surface area contributed by atoms with Gasteiger partial charge in [0.1, 0.15) is 0 Å². The molecular weight excluding hydrogens is 228 g/mol. The Labute approximate surface area is 107 Å². The van der Waals surface area contributed by atoms with E-state index in [1.54, 1.807) is 6.20 Å². The van der Waals surface area contributed by atoms with Crippen molar-refractivity contribution < 1.29 is 4.74 Å². The lowest BCUT2D eigenvalue weighted by Gasteiger charge is -2.17. The third kappa shape index (κ3) is 2.76. The van der Waals surface area contributed by atoms with Crippen molar-refractivity contribution in [2.24, 2.45) is 5.84 Å². The maximum atomic E-state index is 5.58. The highest BCUT2D eigenvalue weighted by Gasteiger charge is 2.15. The second-order valence-electron chi connectivity index (χ2n) is 3.88. The zero-order chi connectivity index (χ0) is 12.8. The fourth-order valence-electron chi connectivity index (χ4n) is 1.82. The molecule has 0 radical (unpaired) electrons. The Kier molecular flexibility index (Phi) is 4.46. The zero-order valence-electron chi connectivity index (χ0n) is 10.4. The molecule has 0 bridgehead atoms. The average molecular weight is 246 g/mol. The Hall–Kier alpha value is -1.69. The molecule has 0 amide bonds. The lowest BCUT2D eigenvalue weighted by Crippen LogP contribution is -2.33. The van der Waals surface area contributed by atoms with Crippen molar-refractivity contribution in [3.63, 3.8) is 0 Å². The van der Waals surface area contributed by atoms with E-state index in [1.807, 2.05) is 48.0 Å². The summed E-state index contributed by atoms with van der Waals surface area (Å²) in [6.07, 6.45) is 1.76. The van der Waals surface area contributed by atoms with Gasteiger partial charge in [-0.1, -0.05) is 18.2 Å². The molecule has 1 atom stereocenters. The molecule has 1 aromatic heterocycles. The van der Waals surface area contributed by atoms with Crippen LogP contribution >= 0.6 is 0 Å². The molecule has 0 aliphatic rings. The molecule has 1 unspecified atom stereocenters. The van der Waals surface area contributed by atoms with Gasteiger partial charge >= 0.3 is 0 Å². The third-order valence-corrected chi connectivity index (χ3v) is 2.72. The summed E-state index contributed by atoms with van der Waals surface area (Å²) in [5.41, 5.74) is 4.76. The van der Waals surface area contributed by atoms with E-state index in [2.05, 4.69) is 10.5 Å². The number of nitrogens with one attached hydrogen (secondary N) is 1. The third-order valence-electron chi connectivity index (χ3n) is 2.72. The highest BCUT2D eigenvalue weighted by Crippen LogP contribution is 2.16. The average Bonchev–Trinajstić information content (AvgIpc) is 2.90. The first kappa shape index (κ1) is 12.8. The summed E-state index contributed by atoms with van der Waals surface area (Å²) >= 11 is 0. The van der Waals surface area contributed by atoms with Crippen molar-refractivity contribution in [2.45, 2.75) is 13.0 Å². The molecule has 0 aliphatic heterocycles. The van der Waals surface area contributed by atoms with Gasteiger partial charge in [0.25, 0.3) is 0 Å². The van der Waals surface area contributed by atoms with Crippen LogP contribution in [0.5, 0.6) is 0 Å². The van der Waals surface area contributed by atoms with Gasteiger partial charge in [-0.15, -0.1) is 0 Å². The van der Waals surface area contributed by atoms with Gasteiger partial charge in [-0.25, -0.2) is 10.1 Å². The molecule has 0 aliphatic carbocycles. The topological polar surface area (TPSA) is 65.1 Å². The zero-order valence-corrected chi connectivity index (χ0v) is 10.4. The first-order chi connectivity index (χ1) is 8.86. The number of para-hydroxylation sites is 1. The SMILES string of the molecule is CCOCC(NN)c1ccnn1-c1ccccc1. The molecule has 0 spiro atoms. The summed E-state index contributed by atoms with van der Waals surface area (Å²) in [6, 6.07) is 11.8. The monoisotopic (exact) mass is 246 g/mol. The first-order valence-corrected chi connectivity index (χ1v) is 6.00. The predicted octanol–water partition coefficient (Wildman–Crippen LogP) is 1.41. The van der Waals surface area contributed by atoms with Crippen LogP contribution in [-0.2, 0) is 4.74 Å². The Balaban J connectivity index is 2.26. The van der Waals surface area contributed by atoms with Crippen LogP contribution in [-0.4, -0.2) is 23.0 Å². The number of nitrogens with two attached hydrogens (primary N) is 1. The normalized spacial score (nSPS) is 12.6. The lowest BCUT2D eigenvalue weighted by atomic mass is 10.2. The maximum absolute atomic E-state index is 5.58. The van der Waals surface area contributed by atoms with Crippen LogP contribution in [0, 0.1) is 0 Å². The molecule has 0 saturated heterocycles. The number of ether oxygens (including phenoxy) is 1. The number of hydrazine groups is 1. The van der Waals surface area contributed by atoms with Crippen molar-refractivity contribution in [1.82, 2.24) is 15.2 Å². The first-order valence-electron chi connectivity index (χ1n) is 6.00. The predicted molar refractivity (Wildman–Crippen MR) is 70.1 cm³/mol. The molecule has 1 aromatic carbocycles. The minimum atomic E-state index is -0.0762. The smallest absolute Gasteiger partial charge is 0.0866 e. The Morgan fingerprint density at radius 2 is 2.11 bits per heavy atom. The Bertz CT molecular complexity index is 469. The van der Waals surface area contributed by atoms with Crippen molar-refractivity contribution in [3.05, 3.63) is 48.3 Å². The fraction of sp³-hybridized carbons (Fsp3) is 0.308. The highest BCUT2D eigenvalue weighted by atomic mass is 16.5. The van der Waals surface area contributed by atoms with Gasteiger partial charge in [0.15, 0.2) is 0 Å². The van der Waals surface area contributed by atoms with Crippen molar-refractivity contribution >= 4 is 0 Å². The maximum Gasteiger partial charge on any atom is 0.0866 e. The summed E-state index contributed by atoms with van der Waals surface area (Å²) in [6.45, 7) is 3.14. The van der Waals surface area contributed by atoms with Crippen LogP contribution in [0.15, 0.2) is 42.6 Å². The van der Waals surface area contributed by atoms with E-state index in [1.165, 1.54) is 0 Å². The largest absolute Gasteiger partial charge is 0.380 e. The number of hydrogen-bond donors (Lipinski definition) is 2. The molecule has 5 heteroatoms. The quantitative estimate of drug-likeness (QED) is 0.597. The number of aromatic nitrogens is 2. The van der Waals surface area contributed by atoms with E-state index >= 15 is 0 Å². The van der Waals surface area contributed by atoms with E-state index in [0.29, 0.717) is 13.2 Å². The molecule has 0 fully saturated rings. The minimum Gasteiger partial charge on any atom is -0.380 e.